The van der Waals surface area contributed by atoms with E-state index in [0.717, 1.165) is 0 Å². The first kappa shape index (κ1) is 28.1. The van der Waals surface area contributed by atoms with Gasteiger partial charge >= 0.3 is 0 Å². The first-order chi connectivity index (χ1) is 24.8. The van der Waals surface area contributed by atoms with Gasteiger partial charge in [-0.25, -0.2) is 0 Å². The Kier molecular flexibility index (Phi) is 6.09. The number of benzene rings is 9. The lowest BCUT2D eigenvalue weighted by Crippen LogP contribution is -1.92. The Morgan fingerprint density at radius 2 is 0.660 bits per heavy atom. The third-order valence-electron chi connectivity index (χ3n) is 10.5. The van der Waals surface area contributed by atoms with Gasteiger partial charge in [-0.2, -0.15) is 0 Å². The fraction of sp³-hybridized carbons (Fsp3) is 0. The zero-order chi connectivity index (χ0) is 32.8. The van der Waals surface area contributed by atoms with Gasteiger partial charge in [-0.05, 0) is 96.0 Å². The molecule has 11 rings (SSSR count). The molecule has 2 heteroatoms. The van der Waals surface area contributed by atoms with Crippen LogP contribution in [0.25, 0.3) is 106 Å². The minimum absolute atomic E-state index is 1.26. The summed E-state index contributed by atoms with van der Waals surface area (Å²) >= 11 is 3.77. The lowest BCUT2D eigenvalue weighted by Gasteiger charge is -2.19. The standard InChI is InChI=1S/C48H28S2/c1-2-14-30-29(12-1)13-7-19-33(30)46-36-20-8-17-31(34-22-10-26-44-47(34)38-15-3-5-24-42(38)49-44)40(36)28-41-32(18-9-21-37(41)46)35-23-11-27-45-48(35)39-16-4-6-25-43(39)50-45/h1-28H. The number of rotatable bonds is 3. The van der Waals surface area contributed by atoms with Crippen LogP contribution in [0.5, 0.6) is 0 Å². The van der Waals surface area contributed by atoms with Gasteiger partial charge in [0.05, 0.1) is 0 Å². The van der Waals surface area contributed by atoms with Crippen molar-refractivity contribution in [3.8, 4) is 33.4 Å². The van der Waals surface area contributed by atoms with Gasteiger partial charge in [-0.3, -0.25) is 0 Å². The molecule has 0 N–H and O–H groups in total. The highest BCUT2D eigenvalue weighted by atomic mass is 32.1. The van der Waals surface area contributed by atoms with Gasteiger partial charge in [-0.15, -0.1) is 22.7 Å². The van der Waals surface area contributed by atoms with E-state index in [4.69, 9.17) is 0 Å². The van der Waals surface area contributed by atoms with Crippen molar-refractivity contribution in [3.63, 3.8) is 0 Å². The molecule has 0 bridgehead atoms. The monoisotopic (exact) mass is 668 g/mol. The molecular weight excluding hydrogens is 641 g/mol. The summed E-state index contributed by atoms with van der Waals surface area (Å²) in [4.78, 5) is 0. The van der Waals surface area contributed by atoms with Crippen LogP contribution in [0.15, 0.2) is 170 Å². The Morgan fingerprint density at radius 3 is 1.26 bits per heavy atom. The molecule has 0 aliphatic heterocycles. The molecule has 2 heterocycles. The molecule has 0 unspecified atom stereocenters. The van der Waals surface area contributed by atoms with Crippen molar-refractivity contribution in [1.82, 2.24) is 0 Å². The molecule has 0 amide bonds. The third kappa shape index (κ3) is 4.04. The predicted octanol–water partition coefficient (Wildman–Crippen LogP) is 14.9. The molecule has 9 aromatic carbocycles. The average Bonchev–Trinajstić information content (AvgIpc) is 3.75. The molecule has 0 aliphatic carbocycles. The first-order valence-corrected chi connectivity index (χ1v) is 18.7. The molecule has 0 saturated heterocycles. The van der Waals surface area contributed by atoms with Crippen molar-refractivity contribution < 1.29 is 0 Å². The van der Waals surface area contributed by atoms with Gasteiger partial charge in [0.2, 0.25) is 0 Å². The van der Waals surface area contributed by atoms with E-state index in [1.54, 1.807) is 0 Å². The number of thiophene rings is 2. The van der Waals surface area contributed by atoms with Crippen molar-refractivity contribution >= 4 is 95.3 Å². The van der Waals surface area contributed by atoms with Gasteiger partial charge < -0.3 is 0 Å². The smallest absolute Gasteiger partial charge is 0.0361 e. The molecule has 0 aliphatic rings. The van der Waals surface area contributed by atoms with E-state index >= 15 is 0 Å². The van der Waals surface area contributed by atoms with E-state index < -0.39 is 0 Å². The maximum atomic E-state index is 2.49. The maximum absolute atomic E-state index is 2.49. The molecule has 0 radical (unpaired) electrons. The van der Waals surface area contributed by atoms with E-state index in [-0.39, 0.29) is 0 Å². The molecule has 0 fully saturated rings. The van der Waals surface area contributed by atoms with Crippen LogP contribution in [-0.2, 0) is 0 Å². The Labute approximate surface area is 297 Å². The second-order valence-electron chi connectivity index (χ2n) is 13.1. The van der Waals surface area contributed by atoms with Crippen LogP contribution in [0.4, 0.5) is 0 Å². The van der Waals surface area contributed by atoms with E-state index in [0.29, 0.717) is 0 Å². The molecule has 2 aromatic heterocycles. The maximum Gasteiger partial charge on any atom is 0.0361 e. The molecule has 50 heavy (non-hydrogen) atoms. The van der Waals surface area contributed by atoms with Crippen LogP contribution in [0, 0.1) is 0 Å². The third-order valence-corrected chi connectivity index (χ3v) is 12.8. The fourth-order valence-corrected chi connectivity index (χ4v) is 10.6. The second-order valence-corrected chi connectivity index (χ2v) is 15.3. The van der Waals surface area contributed by atoms with Gasteiger partial charge in [0, 0.05) is 40.3 Å². The van der Waals surface area contributed by atoms with Crippen molar-refractivity contribution in [2.75, 3.05) is 0 Å². The minimum Gasteiger partial charge on any atom is -0.135 e. The van der Waals surface area contributed by atoms with Crippen LogP contribution in [0.1, 0.15) is 0 Å². The minimum atomic E-state index is 1.26. The Morgan fingerprint density at radius 1 is 0.260 bits per heavy atom. The quantitative estimate of drug-likeness (QED) is 0.164. The largest absolute Gasteiger partial charge is 0.135 e. The van der Waals surface area contributed by atoms with Gasteiger partial charge in [-0.1, -0.05) is 140 Å². The van der Waals surface area contributed by atoms with Gasteiger partial charge in [0.25, 0.3) is 0 Å². The fourth-order valence-electron chi connectivity index (χ4n) is 8.37. The Hall–Kier alpha value is -5.80. The number of fused-ring (bicyclic) bond motifs is 9. The predicted molar refractivity (Wildman–Crippen MR) is 221 cm³/mol. The normalized spacial score (nSPS) is 12.0. The highest BCUT2D eigenvalue weighted by Crippen LogP contribution is 2.48. The topological polar surface area (TPSA) is 0 Å². The molecule has 0 spiro atoms. The summed E-state index contributed by atoms with van der Waals surface area (Å²) in [5.41, 5.74) is 7.69. The molecule has 0 nitrogen and oxygen atoms in total. The highest BCUT2D eigenvalue weighted by Gasteiger charge is 2.20. The van der Waals surface area contributed by atoms with Crippen LogP contribution in [0.2, 0.25) is 0 Å². The number of hydrogen-bond acceptors (Lipinski definition) is 2. The lowest BCUT2D eigenvalue weighted by atomic mass is 9.84. The lowest BCUT2D eigenvalue weighted by molar-refractivity contribution is 1.68. The summed E-state index contributed by atoms with van der Waals surface area (Å²) in [6.45, 7) is 0. The summed E-state index contributed by atoms with van der Waals surface area (Å²) in [6, 6.07) is 63.3. The molecule has 0 saturated carbocycles. The summed E-state index contributed by atoms with van der Waals surface area (Å²) in [6.07, 6.45) is 0. The van der Waals surface area contributed by atoms with Crippen LogP contribution >= 0.6 is 22.7 Å². The van der Waals surface area contributed by atoms with Crippen molar-refractivity contribution in [2.45, 2.75) is 0 Å². The average molecular weight is 669 g/mol. The zero-order valence-corrected chi connectivity index (χ0v) is 28.6. The highest BCUT2D eigenvalue weighted by molar-refractivity contribution is 7.26. The van der Waals surface area contributed by atoms with Crippen LogP contribution < -0.4 is 0 Å². The molecule has 232 valence electrons. The van der Waals surface area contributed by atoms with Crippen LogP contribution in [0.3, 0.4) is 0 Å². The summed E-state index contributed by atoms with van der Waals surface area (Å²) in [5.74, 6) is 0. The van der Waals surface area contributed by atoms with Gasteiger partial charge in [0.15, 0.2) is 0 Å². The van der Waals surface area contributed by atoms with Crippen LogP contribution in [-0.4, -0.2) is 0 Å². The summed E-state index contributed by atoms with van der Waals surface area (Å²) < 4.78 is 5.31. The van der Waals surface area contributed by atoms with Crippen molar-refractivity contribution in [2.24, 2.45) is 0 Å². The van der Waals surface area contributed by atoms with Crippen molar-refractivity contribution in [1.29, 1.82) is 0 Å². The first-order valence-electron chi connectivity index (χ1n) is 17.1. The van der Waals surface area contributed by atoms with E-state index in [9.17, 15) is 0 Å². The van der Waals surface area contributed by atoms with E-state index in [2.05, 4.69) is 170 Å². The Bertz CT molecular complexity index is 2980. The van der Waals surface area contributed by atoms with Gasteiger partial charge in [0.1, 0.15) is 0 Å². The zero-order valence-electron chi connectivity index (χ0n) is 27.0. The van der Waals surface area contributed by atoms with E-state index in [1.165, 1.54) is 106 Å². The second kappa shape index (κ2) is 10.9. The number of hydrogen-bond donors (Lipinski definition) is 0. The van der Waals surface area contributed by atoms with Crippen molar-refractivity contribution in [3.05, 3.63) is 170 Å². The molecule has 0 atom stereocenters. The summed E-state index contributed by atoms with van der Waals surface area (Å²) in [5, 5.41) is 13.0. The summed E-state index contributed by atoms with van der Waals surface area (Å²) in [7, 11) is 0. The molecular formula is C48H28S2. The molecule has 11 aromatic rings. The van der Waals surface area contributed by atoms with E-state index in [1.807, 2.05) is 22.7 Å². The Balaban J connectivity index is 1.32. The SMILES string of the molecule is c1ccc2c(-c3c4cccc(-c5cccc6sc7ccccc7c56)c4cc4c(-c5cccc6sc7ccccc7c56)cccc34)cccc2c1.